The first kappa shape index (κ1) is 20.1. The topological polar surface area (TPSA) is 34.9 Å². The second-order valence-electron chi connectivity index (χ2n) is 8.63. The Balaban J connectivity index is 1.52. The molecule has 0 N–H and O–H groups in total. The lowest BCUT2D eigenvalue weighted by molar-refractivity contribution is 0.316. The van der Waals surface area contributed by atoms with E-state index in [-0.39, 0.29) is 5.56 Å². The Labute approximate surface area is 187 Å². The minimum absolute atomic E-state index is 0.141. The van der Waals surface area contributed by atoms with Gasteiger partial charge in [-0.25, -0.2) is 8.78 Å². The summed E-state index contributed by atoms with van der Waals surface area (Å²) in [6.07, 6.45) is 10.4. The van der Waals surface area contributed by atoms with Gasteiger partial charge in [0.2, 0.25) is 0 Å². The third-order valence-corrected chi connectivity index (χ3v) is 7.73. The van der Waals surface area contributed by atoms with Crippen molar-refractivity contribution < 1.29 is 8.78 Å². The van der Waals surface area contributed by atoms with Crippen LogP contribution in [0.1, 0.15) is 49.7 Å². The molecule has 30 heavy (non-hydrogen) atoms. The van der Waals surface area contributed by atoms with Crippen LogP contribution in [0.25, 0.3) is 22.0 Å². The number of pyridine rings is 2. The highest BCUT2D eigenvalue weighted by molar-refractivity contribution is 14.1. The molecule has 6 heteroatoms. The van der Waals surface area contributed by atoms with Crippen LogP contribution in [0, 0.1) is 11.7 Å². The highest BCUT2D eigenvalue weighted by Crippen LogP contribution is 2.46. The van der Waals surface area contributed by atoms with Crippen molar-refractivity contribution in [1.29, 1.82) is 0 Å². The summed E-state index contributed by atoms with van der Waals surface area (Å²) >= 11 is 1.81. The van der Waals surface area contributed by atoms with Crippen molar-refractivity contribution in [1.82, 2.24) is 9.55 Å². The van der Waals surface area contributed by atoms with Gasteiger partial charge < -0.3 is 4.57 Å². The predicted octanol–water partition coefficient (Wildman–Crippen LogP) is 6.29. The van der Waals surface area contributed by atoms with E-state index in [1.165, 1.54) is 31.5 Å². The highest BCUT2D eigenvalue weighted by Gasteiger charge is 2.36. The van der Waals surface area contributed by atoms with E-state index < -0.39 is 9.49 Å². The van der Waals surface area contributed by atoms with E-state index in [4.69, 9.17) is 0 Å². The number of fused-ring (bicyclic) bond motifs is 2. The zero-order valence-electron chi connectivity index (χ0n) is 16.6. The van der Waals surface area contributed by atoms with Gasteiger partial charge >= 0.3 is 0 Å². The highest BCUT2D eigenvalue weighted by atomic mass is 127. The normalized spacial score (nSPS) is 21.8. The third-order valence-electron chi connectivity index (χ3n) is 6.61. The molecular weight excluding hydrogens is 497 g/mol. The fourth-order valence-electron chi connectivity index (χ4n) is 4.90. The van der Waals surface area contributed by atoms with Crippen LogP contribution in [0.15, 0.2) is 41.5 Å². The van der Waals surface area contributed by atoms with Gasteiger partial charge in [0, 0.05) is 30.1 Å². The molecule has 0 saturated heterocycles. The van der Waals surface area contributed by atoms with Gasteiger partial charge in [-0.2, -0.15) is 0 Å². The van der Waals surface area contributed by atoms with Crippen LogP contribution in [0.3, 0.4) is 0 Å². The number of aryl methyl sites for hydroxylation is 1. The van der Waals surface area contributed by atoms with Crippen LogP contribution in [0.2, 0.25) is 0 Å². The molecule has 3 nitrogen and oxygen atoms in total. The molecule has 2 heterocycles. The monoisotopic (exact) mass is 520 g/mol. The molecule has 5 rings (SSSR count). The summed E-state index contributed by atoms with van der Waals surface area (Å²) in [5.74, 6) is 0.0515. The van der Waals surface area contributed by atoms with Crippen molar-refractivity contribution >= 4 is 33.4 Å². The molecule has 0 spiro atoms. The number of aromatic nitrogens is 2. The fourth-order valence-corrected chi connectivity index (χ4v) is 5.66. The van der Waals surface area contributed by atoms with Crippen molar-refractivity contribution in [2.45, 2.75) is 55.2 Å². The zero-order valence-corrected chi connectivity index (χ0v) is 18.8. The van der Waals surface area contributed by atoms with Crippen molar-refractivity contribution in [3.05, 3.63) is 64.0 Å². The second-order valence-corrected chi connectivity index (χ2v) is 10.3. The van der Waals surface area contributed by atoms with Crippen LogP contribution < -0.4 is 5.56 Å². The van der Waals surface area contributed by atoms with Gasteiger partial charge in [-0.1, -0.05) is 19.3 Å². The Bertz CT molecular complexity index is 1180. The Hall–Kier alpha value is -1.83. The van der Waals surface area contributed by atoms with Gasteiger partial charge in [0.05, 0.1) is 11.1 Å². The summed E-state index contributed by atoms with van der Waals surface area (Å²) in [7, 11) is 0. The van der Waals surface area contributed by atoms with Crippen LogP contribution in [0.5, 0.6) is 0 Å². The maximum atomic E-state index is 15.0. The van der Waals surface area contributed by atoms with Crippen LogP contribution in [0.4, 0.5) is 8.78 Å². The first-order chi connectivity index (χ1) is 14.4. The number of alkyl halides is 2. The SMILES string of the molecule is O=c1c2cc(F)c(-c3cc4c(cn3)C(F)(I)CC4)cc2ccn1CC1CCCCC1. The number of benzene rings is 1. The Morgan fingerprint density at radius 2 is 2.00 bits per heavy atom. The van der Waals surface area contributed by atoms with Crippen molar-refractivity contribution in [2.24, 2.45) is 5.92 Å². The molecule has 1 fully saturated rings. The van der Waals surface area contributed by atoms with Gasteiger partial charge in [-0.15, -0.1) is 0 Å². The molecule has 0 bridgehead atoms. The molecule has 1 saturated carbocycles. The Morgan fingerprint density at radius 1 is 1.20 bits per heavy atom. The lowest BCUT2D eigenvalue weighted by atomic mass is 9.89. The predicted molar refractivity (Wildman–Crippen MR) is 123 cm³/mol. The van der Waals surface area contributed by atoms with Gasteiger partial charge in [-0.3, -0.25) is 9.78 Å². The minimum Gasteiger partial charge on any atom is -0.315 e. The molecule has 1 atom stereocenters. The van der Waals surface area contributed by atoms with E-state index in [1.807, 2.05) is 34.9 Å². The molecule has 0 amide bonds. The quantitative estimate of drug-likeness (QED) is 0.301. The first-order valence-corrected chi connectivity index (χ1v) is 11.7. The number of halogens is 3. The standard InChI is InChI=1S/C24H23F2IN2O/c25-21-12-18-16(7-9-29(23(18)30)14-15-4-2-1-3-5-15)10-19(21)22-11-17-6-8-24(26,27)20(17)13-28-22/h7,9-13,15H,1-6,8,14H2. The van der Waals surface area contributed by atoms with E-state index in [1.54, 1.807) is 16.7 Å². The lowest BCUT2D eigenvalue weighted by Crippen LogP contribution is -2.24. The molecule has 2 aliphatic rings. The number of hydrogen-bond acceptors (Lipinski definition) is 2. The summed E-state index contributed by atoms with van der Waals surface area (Å²) < 4.78 is 29.9. The maximum absolute atomic E-state index is 15.0. The molecule has 1 unspecified atom stereocenters. The van der Waals surface area contributed by atoms with Crippen molar-refractivity contribution in [3.63, 3.8) is 0 Å². The maximum Gasteiger partial charge on any atom is 0.258 e. The van der Waals surface area contributed by atoms with Gasteiger partial charge in [-0.05, 0) is 89.4 Å². The van der Waals surface area contributed by atoms with Crippen molar-refractivity contribution in [2.75, 3.05) is 0 Å². The van der Waals surface area contributed by atoms with Gasteiger partial charge in [0.1, 0.15) is 5.82 Å². The molecule has 1 aromatic carbocycles. The third kappa shape index (κ3) is 3.57. The lowest BCUT2D eigenvalue weighted by Gasteiger charge is -2.22. The zero-order chi connectivity index (χ0) is 20.9. The molecule has 2 aromatic heterocycles. The summed E-state index contributed by atoms with van der Waals surface area (Å²) in [5, 5.41) is 1.10. The molecule has 156 valence electrons. The number of rotatable bonds is 3. The van der Waals surface area contributed by atoms with Crippen LogP contribution >= 0.6 is 22.6 Å². The van der Waals surface area contributed by atoms with E-state index in [2.05, 4.69) is 4.98 Å². The number of nitrogens with zero attached hydrogens (tertiary/aromatic N) is 2. The molecule has 0 aliphatic heterocycles. The van der Waals surface area contributed by atoms with Gasteiger partial charge in [0.25, 0.3) is 5.56 Å². The summed E-state index contributed by atoms with van der Waals surface area (Å²) in [6.45, 7) is 0.700. The average Bonchev–Trinajstić information content (AvgIpc) is 3.05. The largest absolute Gasteiger partial charge is 0.315 e. The first-order valence-electron chi connectivity index (χ1n) is 10.6. The van der Waals surface area contributed by atoms with E-state index in [9.17, 15) is 9.18 Å². The van der Waals surface area contributed by atoms with Gasteiger partial charge in [0.15, 0.2) is 3.68 Å². The summed E-state index contributed by atoms with van der Waals surface area (Å²) in [4.78, 5) is 17.3. The molecule has 2 aliphatic carbocycles. The molecule has 3 aromatic rings. The number of hydrogen-bond donors (Lipinski definition) is 0. The fraction of sp³-hybridized carbons (Fsp3) is 0.417. The average molecular weight is 520 g/mol. The van der Waals surface area contributed by atoms with Crippen LogP contribution in [-0.4, -0.2) is 9.55 Å². The smallest absolute Gasteiger partial charge is 0.258 e. The van der Waals surface area contributed by atoms with E-state index in [0.717, 1.165) is 18.4 Å². The van der Waals surface area contributed by atoms with Crippen LogP contribution in [-0.2, 0) is 16.6 Å². The second kappa shape index (κ2) is 7.70. The Kier molecular flexibility index (Phi) is 5.16. The van der Waals surface area contributed by atoms with Crippen molar-refractivity contribution in [3.8, 4) is 11.3 Å². The van der Waals surface area contributed by atoms with E-state index >= 15 is 4.39 Å². The molecular formula is C24H23F2IN2O. The summed E-state index contributed by atoms with van der Waals surface area (Å²) in [6, 6.07) is 6.68. The minimum atomic E-state index is -1.40. The Morgan fingerprint density at radius 3 is 2.80 bits per heavy atom. The molecule has 0 radical (unpaired) electrons. The van der Waals surface area contributed by atoms with E-state index in [0.29, 0.717) is 52.9 Å². The summed E-state index contributed by atoms with van der Waals surface area (Å²) in [5.41, 5.74) is 2.14.